The van der Waals surface area contributed by atoms with Crippen LogP contribution in [0.5, 0.6) is 11.5 Å². The summed E-state index contributed by atoms with van der Waals surface area (Å²) in [6.07, 6.45) is 0.912. The maximum Gasteiger partial charge on any atom is 0.291 e. The van der Waals surface area contributed by atoms with Crippen molar-refractivity contribution in [1.82, 2.24) is 4.90 Å². The number of benzene rings is 3. The lowest BCUT2D eigenvalue weighted by molar-refractivity contribution is 0.0714. The van der Waals surface area contributed by atoms with E-state index < -0.39 is 6.04 Å². The molecule has 0 saturated carbocycles. The molecule has 0 saturated heterocycles. The van der Waals surface area contributed by atoms with Crippen LogP contribution < -0.4 is 14.9 Å². The number of hydrogen-bond donors (Lipinski definition) is 0. The highest BCUT2D eigenvalue weighted by atomic mass is 16.5. The Kier molecular flexibility index (Phi) is 6.27. The van der Waals surface area contributed by atoms with Crippen molar-refractivity contribution in [2.45, 2.75) is 39.8 Å². The Labute approximate surface area is 210 Å². The largest absolute Gasteiger partial charge is 0.497 e. The van der Waals surface area contributed by atoms with Gasteiger partial charge < -0.3 is 18.8 Å². The molecular formula is C30H29NO5. The summed E-state index contributed by atoms with van der Waals surface area (Å²) in [5.74, 6) is 1.31. The number of fused-ring (bicyclic) bond motifs is 2. The Hall–Kier alpha value is -4.06. The molecule has 1 atom stereocenters. The quantitative estimate of drug-likeness (QED) is 0.325. The van der Waals surface area contributed by atoms with E-state index in [2.05, 4.69) is 6.92 Å². The van der Waals surface area contributed by atoms with Crippen LogP contribution in [0.3, 0.4) is 0 Å². The summed E-state index contributed by atoms with van der Waals surface area (Å²) in [5.41, 5.74) is 4.41. The molecule has 0 N–H and O–H groups in total. The van der Waals surface area contributed by atoms with Gasteiger partial charge in [-0.15, -0.1) is 0 Å². The molecule has 0 bridgehead atoms. The molecule has 4 aromatic rings. The molecule has 1 aromatic heterocycles. The van der Waals surface area contributed by atoms with E-state index in [1.54, 1.807) is 12.0 Å². The molecule has 1 amide bonds. The zero-order valence-electron chi connectivity index (χ0n) is 21.0. The van der Waals surface area contributed by atoms with E-state index in [-0.39, 0.29) is 17.1 Å². The third kappa shape index (κ3) is 4.13. The van der Waals surface area contributed by atoms with Gasteiger partial charge in [-0.3, -0.25) is 9.59 Å². The van der Waals surface area contributed by atoms with Gasteiger partial charge in [0, 0.05) is 6.54 Å². The van der Waals surface area contributed by atoms with Gasteiger partial charge in [0.2, 0.25) is 5.76 Å². The highest BCUT2D eigenvalue weighted by molar-refractivity contribution is 5.99. The molecule has 5 rings (SSSR count). The summed E-state index contributed by atoms with van der Waals surface area (Å²) in [4.78, 5) is 29.2. The summed E-state index contributed by atoms with van der Waals surface area (Å²) in [6, 6.07) is 18.3. The number of carbonyl (C=O) groups is 1. The third-order valence-electron chi connectivity index (χ3n) is 6.76. The average molecular weight is 484 g/mol. The van der Waals surface area contributed by atoms with Gasteiger partial charge in [0.1, 0.15) is 17.1 Å². The van der Waals surface area contributed by atoms with Crippen molar-refractivity contribution in [3.05, 3.63) is 104 Å². The first-order chi connectivity index (χ1) is 17.4. The standard InChI is InChI=1S/C30H29NO5/c1-5-14-35-23-12-8-21(9-13-23)27-26-28(32)24-15-18(2)19(3)16-25(24)36-29(26)30(33)31(27)17-20-6-10-22(34-4)11-7-20/h6-13,15-16,27H,5,14,17H2,1-4H3. The van der Waals surface area contributed by atoms with E-state index >= 15 is 0 Å². The van der Waals surface area contributed by atoms with Crippen molar-refractivity contribution in [2.75, 3.05) is 13.7 Å². The van der Waals surface area contributed by atoms with Gasteiger partial charge in [0.15, 0.2) is 5.43 Å². The molecule has 0 fully saturated rings. The van der Waals surface area contributed by atoms with E-state index in [0.717, 1.165) is 40.2 Å². The van der Waals surface area contributed by atoms with Crippen molar-refractivity contribution in [2.24, 2.45) is 0 Å². The van der Waals surface area contributed by atoms with Crippen LogP contribution in [0.4, 0.5) is 0 Å². The number of nitrogens with zero attached hydrogens (tertiary/aromatic N) is 1. The Morgan fingerprint density at radius 2 is 1.58 bits per heavy atom. The lowest BCUT2D eigenvalue weighted by atomic mass is 9.97. The van der Waals surface area contributed by atoms with Gasteiger partial charge in [0.05, 0.1) is 30.7 Å². The van der Waals surface area contributed by atoms with Gasteiger partial charge in [-0.25, -0.2) is 0 Å². The first kappa shape index (κ1) is 23.7. The Morgan fingerprint density at radius 3 is 2.25 bits per heavy atom. The summed E-state index contributed by atoms with van der Waals surface area (Å²) in [5, 5.41) is 0.490. The minimum atomic E-state index is -0.572. The normalized spacial score (nSPS) is 14.8. The maximum absolute atomic E-state index is 13.8. The number of carbonyl (C=O) groups excluding carboxylic acids is 1. The maximum atomic E-state index is 13.8. The molecule has 1 unspecified atom stereocenters. The van der Waals surface area contributed by atoms with Crippen LogP contribution in [0.15, 0.2) is 69.9 Å². The fourth-order valence-electron chi connectivity index (χ4n) is 4.68. The SMILES string of the molecule is CCCOc1ccc(C2c3c(oc4cc(C)c(C)cc4c3=O)C(=O)N2Cc2ccc(OC)cc2)cc1. The third-order valence-corrected chi connectivity index (χ3v) is 6.76. The highest BCUT2D eigenvalue weighted by Gasteiger charge is 2.42. The van der Waals surface area contributed by atoms with Crippen molar-refractivity contribution in [1.29, 1.82) is 0 Å². The number of aryl methyl sites for hydroxylation is 2. The van der Waals surface area contributed by atoms with Crippen molar-refractivity contribution >= 4 is 16.9 Å². The predicted octanol–water partition coefficient (Wildman–Crippen LogP) is 5.95. The lowest BCUT2D eigenvalue weighted by Crippen LogP contribution is -2.29. The fourth-order valence-corrected chi connectivity index (χ4v) is 4.68. The molecule has 6 heteroatoms. The first-order valence-electron chi connectivity index (χ1n) is 12.2. The molecule has 0 aliphatic carbocycles. The van der Waals surface area contributed by atoms with E-state index in [0.29, 0.717) is 29.7 Å². The van der Waals surface area contributed by atoms with E-state index in [9.17, 15) is 9.59 Å². The highest BCUT2D eigenvalue weighted by Crippen LogP contribution is 2.40. The average Bonchev–Trinajstić information content (AvgIpc) is 3.16. The number of methoxy groups -OCH3 is 1. The van der Waals surface area contributed by atoms with Crippen molar-refractivity contribution in [3.63, 3.8) is 0 Å². The summed E-state index contributed by atoms with van der Waals surface area (Å²) in [6.45, 7) is 6.93. The molecule has 1 aliphatic rings. The molecule has 2 heterocycles. The van der Waals surface area contributed by atoms with Crippen molar-refractivity contribution in [3.8, 4) is 11.5 Å². The lowest BCUT2D eigenvalue weighted by Gasteiger charge is -2.25. The number of rotatable bonds is 7. The molecule has 184 valence electrons. The zero-order chi connectivity index (χ0) is 25.4. The molecular weight excluding hydrogens is 454 g/mol. The van der Waals surface area contributed by atoms with Crippen LogP contribution in [-0.4, -0.2) is 24.5 Å². The van der Waals surface area contributed by atoms with Crippen molar-refractivity contribution < 1.29 is 18.7 Å². The zero-order valence-corrected chi connectivity index (χ0v) is 21.0. The number of amides is 1. The van der Waals surface area contributed by atoms with Crippen LogP contribution >= 0.6 is 0 Å². The minimum absolute atomic E-state index is 0.112. The van der Waals surface area contributed by atoms with Gasteiger partial charge in [-0.05, 0) is 78.9 Å². The Morgan fingerprint density at radius 1 is 0.917 bits per heavy atom. The molecule has 6 nitrogen and oxygen atoms in total. The van der Waals surface area contributed by atoms with Gasteiger partial charge in [0.25, 0.3) is 5.91 Å². The summed E-state index contributed by atoms with van der Waals surface area (Å²) >= 11 is 0. The van der Waals surface area contributed by atoms with Crippen LogP contribution in [0.2, 0.25) is 0 Å². The van der Waals surface area contributed by atoms with E-state index in [4.69, 9.17) is 13.9 Å². The Bertz CT molecular complexity index is 1490. The fraction of sp³-hybridized carbons (Fsp3) is 0.267. The molecule has 36 heavy (non-hydrogen) atoms. The smallest absolute Gasteiger partial charge is 0.291 e. The monoisotopic (exact) mass is 483 g/mol. The Balaban J connectivity index is 1.64. The van der Waals surface area contributed by atoms with E-state index in [1.807, 2.05) is 74.5 Å². The van der Waals surface area contributed by atoms with Crippen LogP contribution in [0.1, 0.15) is 57.8 Å². The summed E-state index contributed by atoms with van der Waals surface area (Å²) in [7, 11) is 1.62. The van der Waals surface area contributed by atoms with Crippen LogP contribution in [-0.2, 0) is 6.54 Å². The van der Waals surface area contributed by atoms with Gasteiger partial charge in [-0.1, -0.05) is 31.2 Å². The second kappa shape index (κ2) is 9.53. The van der Waals surface area contributed by atoms with E-state index in [1.165, 1.54) is 0 Å². The predicted molar refractivity (Wildman–Crippen MR) is 139 cm³/mol. The number of hydrogen-bond acceptors (Lipinski definition) is 5. The second-order valence-corrected chi connectivity index (χ2v) is 9.21. The summed E-state index contributed by atoms with van der Waals surface area (Å²) < 4.78 is 17.1. The van der Waals surface area contributed by atoms with Gasteiger partial charge in [-0.2, -0.15) is 0 Å². The molecule has 3 aromatic carbocycles. The van der Waals surface area contributed by atoms with Crippen LogP contribution in [0.25, 0.3) is 11.0 Å². The number of ether oxygens (including phenoxy) is 2. The molecule has 0 spiro atoms. The molecule has 0 radical (unpaired) electrons. The molecule has 1 aliphatic heterocycles. The topological polar surface area (TPSA) is 69.0 Å². The first-order valence-corrected chi connectivity index (χ1v) is 12.2. The second-order valence-electron chi connectivity index (χ2n) is 9.21. The minimum Gasteiger partial charge on any atom is -0.497 e. The van der Waals surface area contributed by atoms with Gasteiger partial charge >= 0.3 is 0 Å². The van der Waals surface area contributed by atoms with Crippen LogP contribution in [0, 0.1) is 13.8 Å².